The summed E-state index contributed by atoms with van der Waals surface area (Å²) < 4.78 is 1.80. The monoisotopic (exact) mass is 434 g/mol. The van der Waals surface area contributed by atoms with Crippen LogP contribution in [-0.2, 0) is 18.4 Å². The van der Waals surface area contributed by atoms with Crippen LogP contribution in [0.25, 0.3) is 0 Å². The number of nitrogens with one attached hydrogen (secondary N) is 2. The van der Waals surface area contributed by atoms with Crippen LogP contribution in [0.2, 0.25) is 0 Å². The zero-order chi connectivity index (χ0) is 15.9. The molecule has 0 atom stereocenters. The first-order chi connectivity index (χ1) is 10.6. The predicted molar refractivity (Wildman–Crippen MR) is 102 cm³/mol. The minimum atomic E-state index is 0. The zero-order valence-electron chi connectivity index (χ0n) is 14.1. The summed E-state index contributed by atoms with van der Waals surface area (Å²) in [5.41, 5.74) is 1.14. The number of carbonyl (C=O) groups excluding carboxylic acids is 1. The third kappa shape index (κ3) is 6.00. The number of aliphatic imine (C=N–C) groups is 1. The summed E-state index contributed by atoms with van der Waals surface area (Å²) in [6, 6.07) is 0. The maximum Gasteiger partial charge on any atom is 0.220 e. The van der Waals surface area contributed by atoms with Crippen LogP contribution in [0, 0.1) is 5.92 Å². The standard InChI is InChI=1S/C15H26N6O.HI/c1-16-14(22)8-12-4-6-21(7-5-12)15(17-2)18-9-13-10-19-20(3)11-13;/h10-12H,4-9H2,1-3H3,(H,16,22)(H,17,18);1H. The minimum absolute atomic E-state index is 0. The topological polar surface area (TPSA) is 74.5 Å². The van der Waals surface area contributed by atoms with E-state index in [0.29, 0.717) is 12.3 Å². The van der Waals surface area contributed by atoms with E-state index in [9.17, 15) is 4.79 Å². The zero-order valence-corrected chi connectivity index (χ0v) is 16.4. The van der Waals surface area contributed by atoms with E-state index in [-0.39, 0.29) is 29.9 Å². The lowest BCUT2D eigenvalue weighted by Gasteiger charge is -2.34. The van der Waals surface area contributed by atoms with Gasteiger partial charge in [0.15, 0.2) is 5.96 Å². The van der Waals surface area contributed by atoms with Gasteiger partial charge in [-0.05, 0) is 18.8 Å². The van der Waals surface area contributed by atoms with Crippen LogP contribution in [0.4, 0.5) is 0 Å². The molecule has 0 radical (unpaired) electrons. The average molecular weight is 434 g/mol. The SMILES string of the molecule is CN=C(NCc1cnn(C)c1)N1CCC(CC(=O)NC)CC1.I. The van der Waals surface area contributed by atoms with Gasteiger partial charge in [-0.1, -0.05) is 0 Å². The number of carbonyl (C=O) groups is 1. The van der Waals surface area contributed by atoms with Crippen LogP contribution in [0.3, 0.4) is 0 Å². The number of aromatic nitrogens is 2. The maximum atomic E-state index is 11.4. The molecule has 2 N–H and O–H groups in total. The van der Waals surface area contributed by atoms with Crippen LogP contribution >= 0.6 is 24.0 Å². The fraction of sp³-hybridized carbons (Fsp3) is 0.667. The molecule has 23 heavy (non-hydrogen) atoms. The molecule has 1 aliphatic rings. The lowest BCUT2D eigenvalue weighted by atomic mass is 9.93. The molecule has 0 aromatic carbocycles. The van der Waals surface area contributed by atoms with Crippen LogP contribution < -0.4 is 10.6 Å². The summed E-state index contributed by atoms with van der Waals surface area (Å²) in [6.07, 6.45) is 6.54. The van der Waals surface area contributed by atoms with Gasteiger partial charge in [0.2, 0.25) is 5.91 Å². The van der Waals surface area contributed by atoms with E-state index in [1.807, 2.05) is 26.5 Å². The van der Waals surface area contributed by atoms with Crippen molar-refractivity contribution in [3.63, 3.8) is 0 Å². The third-order valence-electron chi connectivity index (χ3n) is 4.09. The lowest BCUT2D eigenvalue weighted by molar-refractivity contribution is -0.121. The van der Waals surface area contributed by atoms with E-state index in [4.69, 9.17) is 0 Å². The second-order valence-corrected chi connectivity index (χ2v) is 5.73. The number of aryl methyl sites for hydroxylation is 1. The van der Waals surface area contributed by atoms with Gasteiger partial charge in [0.1, 0.15) is 0 Å². The molecule has 7 nitrogen and oxygen atoms in total. The van der Waals surface area contributed by atoms with E-state index >= 15 is 0 Å². The summed E-state index contributed by atoms with van der Waals surface area (Å²) in [7, 11) is 5.42. The Bertz CT molecular complexity index is 522. The molecule has 0 unspecified atom stereocenters. The highest BCUT2D eigenvalue weighted by atomic mass is 127. The fourth-order valence-electron chi connectivity index (χ4n) is 2.79. The molecule has 1 saturated heterocycles. The first kappa shape index (κ1) is 19.7. The van der Waals surface area contributed by atoms with E-state index < -0.39 is 0 Å². The maximum absolute atomic E-state index is 11.4. The van der Waals surface area contributed by atoms with Gasteiger partial charge >= 0.3 is 0 Å². The Morgan fingerprint density at radius 3 is 2.65 bits per heavy atom. The van der Waals surface area contributed by atoms with Gasteiger partial charge in [0.25, 0.3) is 0 Å². The largest absolute Gasteiger partial charge is 0.359 e. The molecule has 0 bridgehead atoms. The second kappa shape index (κ2) is 9.74. The highest BCUT2D eigenvalue weighted by molar-refractivity contribution is 14.0. The van der Waals surface area contributed by atoms with E-state index in [1.54, 1.807) is 11.7 Å². The molecule has 2 heterocycles. The summed E-state index contributed by atoms with van der Waals surface area (Å²) in [5.74, 6) is 1.53. The van der Waals surface area contributed by atoms with Crippen LogP contribution in [0.1, 0.15) is 24.8 Å². The number of piperidine rings is 1. The van der Waals surface area contributed by atoms with Gasteiger partial charge in [-0.3, -0.25) is 14.5 Å². The van der Waals surface area contributed by atoms with Crippen molar-refractivity contribution in [1.29, 1.82) is 0 Å². The van der Waals surface area contributed by atoms with Gasteiger partial charge < -0.3 is 15.5 Å². The smallest absolute Gasteiger partial charge is 0.220 e. The molecule has 8 heteroatoms. The first-order valence-corrected chi connectivity index (χ1v) is 7.76. The van der Waals surface area contributed by atoms with Crippen molar-refractivity contribution >= 4 is 35.8 Å². The summed E-state index contributed by atoms with van der Waals surface area (Å²) in [6.45, 7) is 2.60. The number of nitrogens with zero attached hydrogens (tertiary/aromatic N) is 4. The van der Waals surface area contributed by atoms with Crippen molar-refractivity contribution < 1.29 is 4.79 Å². The quantitative estimate of drug-likeness (QED) is 0.421. The van der Waals surface area contributed by atoms with Gasteiger partial charge in [-0.25, -0.2) is 0 Å². The Kier molecular flexibility index (Phi) is 8.35. The predicted octanol–water partition coefficient (Wildman–Crippen LogP) is 0.962. The number of rotatable bonds is 4. The fourth-order valence-corrected chi connectivity index (χ4v) is 2.79. The van der Waals surface area contributed by atoms with Gasteiger partial charge in [-0.15, -0.1) is 24.0 Å². The normalized spacial score (nSPS) is 16.0. The highest BCUT2D eigenvalue weighted by Crippen LogP contribution is 2.20. The molecular weight excluding hydrogens is 407 g/mol. The Morgan fingerprint density at radius 1 is 1.43 bits per heavy atom. The van der Waals surface area contributed by atoms with Crippen molar-refractivity contribution in [1.82, 2.24) is 25.3 Å². The van der Waals surface area contributed by atoms with Gasteiger partial charge in [-0.2, -0.15) is 5.10 Å². The van der Waals surface area contributed by atoms with E-state index in [2.05, 4.69) is 25.6 Å². The van der Waals surface area contributed by atoms with Gasteiger partial charge in [0.05, 0.1) is 6.20 Å². The van der Waals surface area contributed by atoms with Crippen molar-refractivity contribution in [2.24, 2.45) is 18.0 Å². The average Bonchev–Trinajstić information content (AvgIpc) is 2.95. The molecule has 1 fully saturated rings. The van der Waals surface area contributed by atoms with Crippen molar-refractivity contribution in [2.45, 2.75) is 25.8 Å². The second-order valence-electron chi connectivity index (χ2n) is 5.73. The summed E-state index contributed by atoms with van der Waals surface area (Å²) >= 11 is 0. The number of halogens is 1. The van der Waals surface area contributed by atoms with Crippen molar-refractivity contribution in [3.05, 3.63) is 18.0 Å². The molecule has 130 valence electrons. The minimum Gasteiger partial charge on any atom is -0.359 e. The van der Waals surface area contributed by atoms with E-state index in [1.165, 1.54) is 0 Å². The molecule has 0 aliphatic carbocycles. The lowest BCUT2D eigenvalue weighted by Crippen LogP contribution is -2.45. The van der Waals surface area contributed by atoms with Crippen LogP contribution in [-0.4, -0.2) is 53.7 Å². The molecule has 1 aliphatic heterocycles. The van der Waals surface area contributed by atoms with E-state index in [0.717, 1.165) is 44.0 Å². The van der Waals surface area contributed by atoms with Crippen LogP contribution in [0.5, 0.6) is 0 Å². The number of guanidine groups is 1. The Labute approximate surface area is 154 Å². The number of hydrogen-bond donors (Lipinski definition) is 2. The van der Waals surface area contributed by atoms with Crippen LogP contribution in [0.15, 0.2) is 17.4 Å². The molecule has 1 aromatic rings. The van der Waals surface area contributed by atoms with Crippen molar-refractivity contribution in [2.75, 3.05) is 27.2 Å². The van der Waals surface area contributed by atoms with Crippen molar-refractivity contribution in [3.8, 4) is 0 Å². The number of amides is 1. The molecule has 2 rings (SSSR count). The third-order valence-corrected chi connectivity index (χ3v) is 4.09. The van der Waals surface area contributed by atoms with Gasteiger partial charge in [0, 0.05) is 59.0 Å². The molecule has 1 aromatic heterocycles. The molecular formula is C15H27IN6O. The first-order valence-electron chi connectivity index (χ1n) is 7.76. The number of hydrogen-bond acceptors (Lipinski definition) is 3. The molecule has 0 saturated carbocycles. The summed E-state index contributed by atoms with van der Waals surface area (Å²) in [4.78, 5) is 18.1. The molecule has 1 amide bonds. The number of likely N-dealkylation sites (tertiary alicyclic amines) is 1. The molecule has 0 spiro atoms. The Balaban J connectivity index is 0.00000264. The Morgan fingerprint density at radius 2 is 2.13 bits per heavy atom. The highest BCUT2D eigenvalue weighted by Gasteiger charge is 2.22. The summed E-state index contributed by atoms with van der Waals surface area (Å²) in [5, 5.41) is 10.2. The Hall–Kier alpha value is -1.32.